The first kappa shape index (κ1) is 28.0. The summed E-state index contributed by atoms with van der Waals surface area (Å²) in [5.41, 5.74) is 10.4. The van der Waals surface area contributed by atoms with Crippen LogP contribution in [0.15, 0.2) is 41.8 Å². The Morgan fingerprint density at radius 1 is 1.05 bits per heavy atom. The number of nitrogens with zero attached hydrogens (tertiary/aromatic N) is 2. The summed E-state index contributed by atoms with van der Waals surface area (Å²) in [4.78, 5) is 20.0. The molecule has 0 saturated carbocycles. The molecule has 38 heavy (non-hydrogen) atoms. The number of hydrogen-bond acceptors (Lipinski definition) is 5. The van der Waals surface area contributed by atoms with Crippen molar-refractivity contribution in [1.82, 2.24) is 9.88 Å². The van der Waals surface area contributed by atoms with E-state index in [-0.39, 0.29) is 21.8 Å². The van der Waals surface area contributed by atoms with Crippen LogP contribution in [0.5, 0.6) is 5.75 Å². The molecule has 1 aromatic heterocycles. The van der Waals surface area contributed by atoms with Crippen molar-refractivity contribution in [1.29, 1.82) is 0 Å². The number of phenols is 1. The van der Waals surface area contributed by atoms with Crippen LogP contribution < -0.4 is 11.1 Å². The Morgan fingerprint density at radius 2 is 1.61 bits per heavy atom. The number of anilines is 1. The van der Waals surface area contributed by atoms with E-state index in [9.17, 15) is 9.90 Å². The summed E-state index contributed by atoms with van der Waals surface area (Å²) in [5, 5.41) is 17.4. The van der Waals surface area contributed by atoms with E-state index in [1.807, 2.05) is 17.0 Å². The highest BCUT2D eigenvalue weighted by atomic mass is 32.1. The number of likely N-dealkylation sites (tertiary alicyclic amines) is 1. The van der Waals surface area contributed by atoms with Crippen molar-refractivity contribution >= 4 is 40.3 Å². The minimum Gasteiger partial charge on any atom is -0.507 e. The van der Waals surface area contributed by atoms with Crippen molar-refractivity contribution in [3.8, 4) is 17.0 Å². The molecule has 0 radical (unpaired) electrons. The van der Waals surface area contributed by atoms with Crippen LogP contribution in [0.1, 0.15) is 86.8 Å². The zero-order valence-electron chi connectivity index (χ0n) is 23.1. The van der Waals surface area contributed by atoms with E-state index in [4.69, 9.17) is 22.9 Å². The number of nitrogens with two attached hydrogens (primary N) is 1. The zero-order valence-corrected chi connectivity index (χ0v) is 24.7. The first-order valence-corrected chi connectivity index (χ1v) is 14.3. The average Bonchev–Trinajstić information content (AvgIpc) is 3.33. The highest BCUT2D eigenvalue weighted by Crippen LogP contribution is 2.42. The predicted molar refractivity (Wildman–Crippen MR) is 161 cm³/mol. The van der Waals surface area contributed by atoms with Gasteiger partial charge in [-0.2, -0.15) is 0 Å². The van der Waals surface area contributed by atoms with Gasteiger partial charge in [-0.05, 0) is 72.3 Å². The molecule has 2 heterocycles. The molecule has 1 aliphatic heterocycles. The molecule has 0 unspecified atom stereocenters. The van der Waals surface area contributed by atoms with Crippen molar-refractivity contribution < 1.29 is 9.90 Å². The van der Waals surface area contributed by atoms with Gasteiger partial charge in [0.05, 0.1) is 10.7 Å². The minimum absolute atomic E-state index is 0.0404. The summed E-state index contributed by atoms with van der Waals surface area (Å²) >= 11 is 6.56. The summed E-state index contributed by atoms with van der Waals surface area (Å²) in [6.07, 6.45) is 1.77. The number of aromatic hydroxyl groups is 1. The molecule has 2 aromatic carbocycles. The van der Waals surface area contributed by atoms with Gasteiger partial charge in [-0.3, -0.25) is 4.79 Å². The molecule has 0 aliphatic carbocycles. The van der Waals surface area contributed by atoms with E-state index in [2.05, 4.69) is 64.4 Å². The molecule has 0 spiro atoms. The summed E-state index contributed by atoms with van der Waals surface area (Å²) in [7, 11) is 0. The van der Waals surface area contributed by atoms with Crippen LogP contribution in [-0.4, -0.2) is 39.1 Å². The lowest BCUT2D eigenvalue weighted by Gasteiger charge is -2.31. The first-order chi connectivity index (χ1) is 17.7. The molecule has 8 heteroatoms. The number of piperidine rings is 1. The molecular formula is C30H38N4O2S2. The van der Waals surface area contributed by atoms with Crippen molar-refractivity contribution in [3.05, 3.63) is 63.5 Å². The second-order valence-electron chi connectivity index (χ2n) is 12.1. The van der Waals surface area contributed by atoms with E-state index in [1.165, 1.54) is 0 Å². The van der Waals surface area contributed by atoms with Crippen LogP contribution in [0.2, 0.25) is 0 Å². The maximum Gasteiger partial charge on any atom is 0.253 e. The lowest BCUT2D eigenvalue weighted by molar-refractivity contribution is 0.0713. The fraction of sp³-hybridized carbons (Fsp3) is 0.433. The zero-order chi connectivity index (χ0) is 27.8. The molecular weight excluding hydrogens is 512 g/mol. The molecule has 0 atom stereocenters. The summed E-state index contributed by atoms with van der Waals surface area (Å²) < 4.78 is 0. The number of aromatic nitrogens is 1. The third-order valence-corrected chi connectivity index (χ3v) is 8.18. The third kappa shape index (κ3) is 6.18. The van der Waals surface area contributed by atoms with Crippen LogP contribution in [-0.2, 0) is 10.8 Å². The number of benzene rings is 2. The lowest BCUT2D eigenvalue weighted by atomic mass is 9.78. The van der Waals surface area contributed by atoms with E-state index in [0.717, 1.165) is 45.9 Å². The molecule has 1 fully saturated rings. The number of thiazole rings is 1. The van der Waals surface area contributed by atoms with Gasteiger partial charge < -0.3 is 21.1 Å². The second kappa shape index (κ2) is 10.7. The maximum atomic E-state index is 13.0. The molecule has 0 bridgehead atoms. The van der Waals surface area contributed by atoms with E-state index in [1.54, 1.807) is 23.5 Å². The van der Waals surface area contributed by atoms with Crippen LogP contribution >= 0.6 is 23.6 Å². The number of phenolic OH excluding ortho intramolecular Hbond substituents is 1. The lowest BCUT2D eigenvalue weighted by Crippen LogP contribution is -2.37. The number of rotatable bonds is 4. The summed E-state index contributed by atoms with van der Waals surface area (Å²) in [6, 6.07) is 11.4. The Bertz CT molecular complexity index is 1290. The SMILES string of the molecule is CC(C)(C)c1cc(-c2csc(C3CCN(C(=O)c4ccc(NC(N)=S)cc4)CC3)n2)cc(C(C)(C)C)c1O. The Labute approximate surface area is 235 Å². The molecule has 4 rings (SSSR count). The van der Waals surface area contributed by atoms with Crippen molar-refractivity contribution in [2.24, 2.45) is 5.73 Å². The molecule has 202 valence electrons. The number of carbonyl (C=O) groups excluding carboxylic acids is 1. The molecule has 1 saturated heterocycles. The van der Waals surface area contributed by atoms with Crippen molar-refractivity contribution in [3.63, 3.8) is 0 Å². The minimum atomic E-state index is -0.188. The molecule has 4 N–H and O–H groups in total. The van der Waals surface area contributed by atoms with Crippen molar-refractivity contribution in [2.45, 2.75) is 71.1 Å². The van der Waals surface area contributed by atoms with E-state index in [0.29, 0.717) is 30.3 Å². The van der Waals surface area contributed by atoms with Gasteiger partial charge in [0, 0.05) is 52.3 Å². The third-order valence-electron chi connectivity index (χ3n) is 7.07. The van der Waals surface area contributed by atoms with Gasteiger partial charge >= 0.3 is 0 Å². The Balaban J connectivity index is 1.48. The number of hydrogen-bond donors (Lipinski definition) is 3. The number of carbonyl (C=O) groups is 1. The normalized spacial score (nSPS) is 14.9. The summed E-state index contributed by atoms with van der Waals surface area (Å²) in [5.74, 6) is 0.755. The van der Waals surface area contributed by atoms with Gasteiger partial charge in [0.1, 0.15) is 5.75 Å². The molecule has 1 aliphatic rings. The van der Waals surface area contributed by atoms with E-state index >= 15 is 0 Å². The highest BCUT2D eigenvalue weighted by molar-refractivity contribution is 7.80. The Kier molecular flexibility index (Phi) is 7.86. The largest absolute Gasteiger partial charge is 0.507 e. The monoisotopic (exact) mass is 550 g/mol. The highest BCUT2D eigenvalue weighted by Gasteiger charge is 2.29. The van der Waals surface area contributed by atoms with Gasteiger partial charge in [-0.1, -0.05) is 41.5 Å². The quantitative estimate of drug-likeness (QED) is 0.310. The van der Waals surface area contributed by atoms with Crippen LogP contribution in [0, 0.1) is 0 Å². The number of nitrogens with one attached hydrogen (secondary N) is 1. The fourth-order valence-corrected chi connectivity index (χ4v) is 6.00. The smallest absolute Gasteiger partial charge is 0.253 e. The number of thiocarbonyl (C=S) groups is 1. The number of amides is 1. The fourth-order valence-electron chi connectivity index (χ4n) is 4.88. The molecule has 1 amide bonds. The summed E-state index contributed by atoms with van der Waals surface area (Å²) in [6.45, 7) is 14.2. The predicted octanol–water partition coefficient (Wildman–Crippen LogP) is 6.79. The first-order valence-electron chi connectivity index (χ1n) is 13.0. The van der Waals surface area contributed by atoms with Crippen molar-refractivity contribution in [2.75, 3.05) is 18.4 Å². The molecule has 6 nitrogen and oxygen atoms in total. The topological polar surface area (TPSA) is 91.5 Å². The second-order valence-corrected chi connectivity index (χ2v) is 13.5. The molecule has 3 aromatic rings. The standard InChI is InChI=1S/C30H38N4O2S2/c1-29(2,3)22-15-20(16-23(25(22)35)30(4,5)6)24-17-38-26(33-24)18-11-13-34(14-12-18)27(36)19-7-9-21(10-8-19)32-28(31)37/h7-10,15-18,35H,11-14H2,1-6H3,(H3,31,32,37). The van der Waals surface area contributed by atoms with E-state index < -0.39 is 0 Å². The van der Waals surface area contributed by atoms with Crippen LogP contribution in [0.25, 0.3) is 11.3 Å². The van der Waals surface area contributed by atoms with Gasteiger partial charge in [-0.15, -0.1) is 11.3 Å². The Hall–Kier alpha value is -2.97. The van der Waals surface area contributed by atoms with Crippen LogP contribution in [0.4, 0.5) is 5.69 Å². The maximum absolute atomic E-state index is 13.0. The van der Waals surface area contributed by atoms with Gasteiger partial charge in [0.2, 0.25) is 0 Å². The average molecular weight is 551 g/mol. The van der Waals surface area contributed by atoms with Gasteiger partial charge in [0.15, 0.2) is 5.11 Å². The van der Waals surface area contributed by atoms with Crippen LogP contribution in [0.3, 0.4) is 0 Å². The van der Waals surface area contributed by atoms with Gasteiger partial charge in [0.25, 0.3) is 5.91 Å². The Morgan fingerprint density at radius 3 is 2.11 bits per heavy atom. The van der Waals surface area contributed by atoms with Gasteiger partial charge in [-0.25, -0.2) is 4.98 Å².